The number of rotatable bonds is 1. The molecule has 0 radical (unpaired) electrons. The maximum absolute atomic E-state index is 11.4. The van der Waals surface area contributed by atoms with E-state index in [0.717, 1.165) is 24.8 Å². The lowest BCUT2D eigenvalue weighted by Gasteiger charge is -2.42. The average Bonchev–Trinajstić information content (AvgIpc) is 2.48. The molecule has 0 aromatic carbocycles. The quantitative estimate of drug-likeness (QED) is 0.683. The summed E-state index contributed by atoms with van der Waals surface area (Å²) in [7, 11) is 0. The van der Waals surface area contributed by atoms with Crippen molar-refractivity contribution >= 4 is 5.91 Å². The van der Waals surface area contributed by atoms with Crippen molar-refractivity contribution in [3.63, 3.8) is 0 Å². The summed E-state index contributed by atoms with van der Waals surface area (Å²) in [6.45, 7) is 5.55. The van der Waals surface area contributed by atoms with Gasteiger partial charge in [-0.1, -0.05) is 26.7 Å². The van der Waals surface area contributed by atoms with Crippen LogP contribution in [0.5, 0.6) is 0 Å². The molecular formula is C12H21NO. The highest BCUT2D eigenvalue weighted by atomic mass is 16.1. The maximum Gasteiger partial charge on any atom is 0.220 e. The normalized spacial score (nSPS) is 37.9. The molecule has 1 saturated heterocycles. The van der Waals surface area contributed by atoms with Crippen LogP contribution in [0.15, 0.2) is 0 Å². The molecule has 1 aliphatic carbocycles. The van der Waals surface area contributed by atoms with E-state index in [1.807, 2.05) is 0 Å². The van der Waals surface area contributed by atoms with Crippen LogP contribution in [0.3, 0.4) is 0 Å². The summed E-state index contributed by atoms with van der Waals surface area (Å²) in [5.41, 5.74) is 0.323. The fraction of sp³-hybridized carbons (Fsp3) is 0.917. The number of amides is 1. The molecule has 2 fully saturated rings. The minimum absolute atomic E-state index is 0.276. The highest BCUT2D eigenvalue weighted by Gasteiger charge is 2.46. The van der Waals surface area contributed by atoms with Crippen LogP contribution in [0.25, 0.3) is 0 Å². The van der Waals surface area contributed by atoms with Gasteiger partial charge < -0.3 is 5.32 Å². The van der Waals surface area contributed by atoms with Gasteiger partial charge in [0, 0.05) is 13.0 Å². The minimum atomic E-state index is 0.276. The largest absolute Gasteiger partial charge is 0.356 e. The Balaban J connectivity index is 2.17. The molecule has 1 saturated carbocycles. The summed E-state index contributed by atoms with van der Waals surface area (Å²) in [5, 5.41) is 3.03. The van der Waals surface area contributed by atoms with Crippen molar-refractivity contribution in [2.75, 3.05) is 6.54 Å². The number of hydrogen-bond acceptors (Lipinski definition) is 1. The topological polar surface area (TPSA) is 29.1 Å². The maximum atomic E-state index is 11.4. The molecule has 2 aliphatic rings. The van der Waals surface area contributed by atoms with Crippen molar-refractivity contribution in [2.45, 2.75) is 46.0 Å². The van der Waals surface area contributed by atoms with E-state index in [0.29, 0.717) is 5.41 Å². The molecule has 2 nitrogen and oxygen atoms in total. The molecule has 2 rings (SSSR count). The van der Waals surface area contributed by atoms with Crippen LogP contribution >= 0.6 is 0 Å². The Labute approximate surface area is 86.5 Å². The van der Waals surface area contributed by atoms with E-state index in [1.54, 1.807) is 0 Å². The van der Waals surface area contributed by atoms with Gasteiger partial charge in [0.1, 0.15) is 0 Å². The summed E-state index contributed by atoms with van der Waals surface area (Å²) in [4.78, 5) is 11.4. The first-order valence-electron chi connectivity index (χ1n) is 5.91. The van der Waals surface area contributed by atoms with E-state index < -0.39 is 0 Å². The van der Waals surface area contributed by atoms with Crippen molar-refractivity contribution in [2.24, 2.45) is 17.3 Å². The van der Waals surface area contributed by atoms with Crippen molar-refractivity contribution in [3.05, 3.63) is 0 Å². The second-order valence-corrected chi connectivity index (χ2v) is 5.41. The van der Waals surface area contributed by atoms with Gasteiger partial charge in [0.25, 0.3) is 0 Å². The van der Waals surface area contributed by atoms with Gasteiger partial charge in [-0.25, -0.2) is 0 Å². The van der Waals surface area contributed by atoms with Gasteiger partial charge in [-0.05, 0) is 30.1 Å². The molecule has 1 spiro atoms. The standard InChI is InChI=1S/C12H21NO/c1-9(2)10-5-3-4-6-12(10)7-11(14)13-8-12/h9-10H,3-8H2,1-2H3,(H,13,14). The smallest absolute Gasteiger partial charge is 0.220 e. The van der Waals surface area contributed by atoms with Crippen LogP contribution in [-0.4, -0.2) is 12.5 Å². The van der Waals surface area contributed by atoms with Crippen molar-refractivity contribution in [3.8, 4) is 0 Å². The highest BCUT2D eigenvalue weighted by molar-refractivity contribution is 5.79. The van der Waals surface area contributed by atoms with Gasteiger partial charge in [0.15, 0.2) is 0 Å². The van der Waals surface area contributed by atoms with Crippen LogP contribution in [0, 0.1) is 17.3 Å². The van der Waals surface area contributed by atoms with Crippen LogP contribution in [-0.2, 0) is 4.79 Å². The molecule has 14 heavy (non-hydrogen) atoms. The molecular weight excluding hydrogens is 174 g/mol. The van der Waals surface area contributed by atoms with E-state index in [-0.39, 0.29) is 5.91 Å². The van der Waals surface area contributed by atoms with Crippen LogP contribution in [0.2, 0.25) is 0 Å². The summed E-state index contributed by atoms with van der Waals surface area (Å²) >= 11 is 0. The van der Waals surface area contributed by atoms with Gasteiger partial charge in [0.05, 0.1) is 0 Å². The number of nitrogens with one attached hydrogen (secondary N) is 1. The van der Waals surface area contributed by atoms with Crippen molar-refractivity contribution < 1.29 is 4.79 Å². The first-order chi connectivity index (χ1) is 6.64. The summed E-state index contributed by atoms with van der Waals surface area (Å²) in [5.74, 6) is 1.76. The molecule has 1 amide bonds. The lowest BCUT2D eigenvalue weighted by atomic mass is 9.62. The molecule has 80 valence electrons. The minimum Gasteiger partial charge on any atom is -0.356 e. The van der Waals surface area contributed by atoms with E-state index in [1.165, 1.54) is 25.7 Å². The second kappa shape index (κ2) is 3.56. The monoisotopic (exact) mass is 195 g/mol. The zero-order valence-electron chi connectivity index (χ0n) is 9.31. The molecule has 0 aromatic heterocycles. The fourth-order valence-corrected chi connectivity index (χ4v) is 3.53. The Hall–Kier alpha value is -0.530. The van der Waals surface area contributed by atoms with Gasteiger partial charge >= 0.3 is 0 Å². The van der Waals surface area contributed by atoms with Gasteiger partial charge in [-0.15, -0.1) is 0 Å². The Morgan fingerprint density at radius 1 is 1.43 bits per heavy atom. The molecule has 1 aliphatic heterocycles. The molecule has 0 bridgehead atoms. The zero-order valence-corrected chi connectivity index (χ0v) is 9.31. The summed E-state index contributed by atoms with van der Waals surface area (Å²) in [6, 6.07) is 0. The molecule has 2 heteroatoms. The molecule has 2 atom stereocenters. The lowest BCUT2D eigenvalue weighted by molar-refractivity contribution is -0.120. The Bertz CT molecular complexity index is 236. The average molecular weight is 195 g/mol. The van der Waals surface area contributed by atoms with Gasteiger partial charge in [-0.2, -0.15) is 0 Å². The number of carbonyl (C=O) groups excluding carboxylic acids is 1. The third-order valence-electron chi connectivity index (χ3n) is 4.18. The SMILES string of the molecule is CC(C)C1CCCCC12CNC(=O)C2. The molecule has 1 N–H and O–H groups in total. The van der Waals surface area contributed by atoms with Crippen LogP contribution < -0.4 is 5.32 Å². The number of carbonyl (C=O) groups is 1. The van der Waals surface area contributed by atoms with Crippen molar-refractivity contribution in [1.82, 2.24) is 5.32 Å². The van der Waals surface area contributed by atoms with Crippen LogP contribution in [0.4, 0.5) is 0 Å². The predicted octanol–water partition coefficient (Wildman–Crippen LogP) is 2.34. The van der Waals surface area contributed by atoms with Gasteiger partial charge in [-0.3, -0.25) is 4.79 Å². The fourth-order valence-electron chi connectivity index (χ4n) is 3.53. The lowest BCUT2D eigenvalue weighted by Crippen LogP contribution is -2.38. The highest BCUT2D eigenvalue weighted by Crippen LogP contribution is 2.48. The summed E-state index contributed by atoms with van der Waals surface area (Å²) in [6.07, 6.45) is 6.05. The number of hydrogen-bond donors (Lipinski definition) is 1. The summed E-state index contributed by atoms with van der Waals surface area (Å²) < 4.78 is 0. The predicted molar refractivity (Wildman–Crippen MR) is 56.9 cm³/mol. The first-order valence-corrected chi connectivity index (χ1v) is 5.91. The van der Waals surface area contributed by atoms with E-state index in [4.69, 9.17) is 0 Å². The van der Waals surface area contributed by atoms with E-state index >= 15 is 0 Å². The molecule has 1 heterocycles. The van der Waals surface area contributed by atoms with Gasteiger partial charge in [0.2, 0.25) is 5.91 Å². The third kappa shape index (κ3) is 1.55. The Kier molecular flexibility index (Phi) is 2.54. The van der Waals surface area contributed by atoms with E-state index in [2.05, 4.69) is 19.2 Å². The molecule has 0 aromatic rings. The van der Waals surface area contributed by atoms with Crippen molar-refractivity contribution in [1.29, 1.82) is 0 Å². The molecule has 2 unspecified atom stereocenters. The first kappa shape index (κ1) is 10.0. The van der Waals surface area contributed by atoms with E-state index in [9.17, 15) is 4.79 Å². The zero-order chi connectivity index (χ0) is 10.2. The Morgan fingerprint density at radius 2 is 2.21 bits per heavy atom. The van der Waals surface area contributed by atoms with Crippen LogP contribution in [0.1, 0.15) is 46.0 Å². The third-order valence-corrected chi connectivity index (χ3v) is 4.18. The Morgan fingerprint density at radius 3 is 2.79 bits per heavy atom. The second-order valence-electron chi connectivity index (χ2n) is 5.41.